The summed E-state index contributed by atoms with van der Waals surface area (Å²) in [4.78, 5) is 14.5. The van der Waals surface area contributed by atoms with E-state index in [1.54, 1.807) is 12.4 Å². The predicted molar refractivity (Wildman–Crippen MR) is 43.3 cm³/mol. The summed E-state index contributed by atoms with van der Waals surface area (Å²) in [5.74, 6) is -0.0719. The summed E-state index contributed by atoms with van der Waals surface area (Å²) in [6.45, 7) is 3.40. The maximum Gasteiger partial charge on any atom is 0.221 e. The highest BCUT2D eigenvalue weighted by Gasteiger charge is 1.94. The third kappa shape index (κ3) is 2.37. The molecule has 0 saturated heterocycles. The summed E-state index contributed by atoms with van der Waals surface area (Å²) >= 11 is 0. The molecule has 1 aromatic heterocycles. The molecule has 1 aromatic rings. The average molecular weight is 150 g/mol. The van der Waals surface area contributed by atoms with Crippen molar-refractivity contribution in [1.29, 1.82) is 0 Å². The lowest BCUT2D eigenvalue weighted by Crippen LogP contribution is -2.05. The zero-order valence-electron chi connectivity index (χ0n) is 6.59. The number of carbonyl (C=O) groups is 1. The molecule has 1 rings (SSSR count). The van der Waals surface area contributed by atoms with Gasteiger partial charge in [0.25, 0.3) is 0 Å². The van der Waals surface area contributed by atoms with Crippen molar-refractivity contribution in [3.8, 4) is 0 Å². The SMILES string of the molecule is CC(=O)Nc1cncc(C)c1. The van der Waals surface area contributed by atoms with Crippen molar-refractivity contribution in [2.45, 2.75) is 13.8 Å². The largest absolute Gasteiger partial charge is 0.325 e. The molecule has 1 N–H and O–H groups in total. The third-order valence-corrected chi connectivity index (χ3v) is 1.20. The van der Waals surface area contributed by atoms with Crippen molar-refractivity contribution < 1.29 is 4.79 Å². The number of carbonyl (C=O) groups excluding carboxylic acids is 1. The molecule has 0 fully saturated rings. The minimum atomic E-state index is -0.0719. The molecule has 11 heavy (non-hydrogen) atoms. The van der Waals surface area contributed by atoms with E-state index >= 15 is 0 Å². The second kappa shape index (κ2) is 3.14. The highest BCUT2D eigenvalue weighted by molar-refractivity contribution is 5.88. The van der Waals surface area contributed by atoms with E-state index in [2.05, 4.69) is 10.3 Å². The number of hydrogen-bond donors (Lipinski definition) is 1. The Balaban J connectivity index is 2.79. The minimum absolute atomic E-state index is 0.0719. The first kappa shape index (κ1) is 7.72. The topological polar surface area (TPSA) is 42.0 Å². The molecule has 0 spiro atoms. The molecule has 0 atom stereocenters. The van der Waals surface area contributed by atoms with Gasteiger partial charge in [-0.3, -0.25) is 9.78 Å². The minimum Gasteiger partial charge on any atom is -0.325 e. The van der Waals surface area contributed by atoms with Crippen LogP contribution in [-0.2, 0) is 4.79 Å². The van der Waals surface area contributed by atoms with Crippen LogP contribution in [0.2, 0.25) is 0 Å². The first-order valence-corrected chi connectivity index (χ1v) is 3.38. The summed E-state index contributed by atoms with van der Waals surface area (Å²) in [6, 6.07) is 1.87. The molecule has 0 radical (unpaired) electrons. The van der Waals surface area contributed by atoms with Crippen molar-refractivity contribution in [1.82, 2.24) is 4.98 Å². The second-order valence-electron chi connectivity index (χ2n) is 2.43. The molecular formula is C8H10N2O. The summed E-state index contributed by atoms with van der Waals surface area (Å²) < 4.78 is 0. The molecular weight excluding hydrogens is 140 g/mol. The molecule has 0 unspecified atom stereocenters. The van der Waals surface area contributed by atoms with Gasteiger partial charge in [-0.2, -0.15) is 0 Å². The fraction of sp³-hybridized carbons (Fsp3) is 0.250. The van der Waals surface area contributed by atoms with Crippen LogP contribution in [0.5, 0.6) is 0 Å². The van der Waals surface area contributed by atoms with E-state index in [0.29, 0.717) is 0 Å². The van der Waals surface area contributed by atoms with Crippen molar-refractivity contribution >= 4 is 11.6 Å². The van der Waals surface area contributed by atoms with Gasteiger partial charge in [0.05, 0.1) is 11.9 Å². The lowest BCUT2D eigenvalue weighted by atomic mass is 10.3. The van der Waals surface area contributed by atoms with E-state index in [1.807, 2.05) is 13.0 Å². The van der Waals surface area contributed by atoms with E-state index in [0.717, 1.165) is 11.3 Å². The Kier molecular flexibility index (Phi) is 2.21. The number of anilines is 1. The van der Waals surface area contributed by atoms with Crippen LogP contribution in [-0.4, -0.2) is 10.9 Å². The molecule has 1 heterocycles. The average Bonchev–Trinajstić information content (AvgIpc) is 1.85. The highest BCUT2D eigenvalue weighted by Crippen LogP contribution is 2.06. The molecule has 0 aliphatic carbocycles. The number of nitrogens with one attached hydrogen (secondary N) is 1. The zero-order valence-corrected chi connectivity index (χ0v) is 6.59. The van der Waals surface area contributed by atoms with E-state index in [-0.39, 0.29) is 5.91 Å². The van der Waals surface area contributed by atoms with Crippen molar-refractivity contribution in [3.63, 3.8) is 0 Å². The Hall–Kier alpha value is -1.38. The fourth-order valence-electron chi connectivity index (χ4n) is 0.827. The quantitative estimate of drug-likeness (QED) is 0.656. The maximum absolute atomic E-state index is 10.6. The van der Waals surface area contributed by atoms with Gasteiger partial charge in [0, 0.05) is 13.1 Å². The van der Waals surface area contributed by atoms with Crippen LogP contribution in [0, 0.1) is 6.92 Å². The molecule has 3 nitrogen and oxygen atoms in total. The summed E-state index contributed by atoms with van der Waals surface area (Å²) in [6.07, 6.45) is 3.36. The van der Waals surface area contributed by atoms with Gasteiger partial charge in [0.1, 0.15) is 0 Å². The first-order chi connectivity index (χ1) is 5.18. The Bertz CT molecular complexity index is 271. The zero-order chi connectivity index (χ0) is 8.27. The van der Waals surface area contributed by atoms with Crippen LogP contribution in [0.15, 0.2) is 18.5 Å². The molecule has 0 aromatic carbocycles. The number of nitrogens with zero attached hydrogens (tertiary/aromatic N) is 1. The molecule has 0 aliphatic heterocycles. The maximum atomic E-state index is 10.6. The molecule has 0 saturated carbocycles. The lowest BCUT2D eigenvalue weighted by Gasteiger charge is -2.00. The number of hydrogen-bond acceptors (Lipinski definition) is 2. The lowest BCUT2D eigenvalue weighted by molar-refractivity contribution is -0.114. The van der Waals surface area contributed by atoms with Crippen LogP contribution in [0.1, 0.15) is 12.5 Å². The molecule has 1 amide bonds. The van der Waals surface area contributed by atoms with Gasteiger partial charge in [-0.05, 0) is 18.6 Å². The van der Waals surface area contributed by atoms with E-state index in [4.69, 9.17) is 0 Å². The standard InChI is InChI=1S/C8H10N2O/c1-6-3-8(5-9-4-6)10-7(2)11/h3-5H,1-2H3,(H,10,11). The highest BCUT2D eigenvalue weighted by atomic mass is 16.1. The van der Waals surface area contributed by atoms with Crippen LogP contribution >= 0.6 is 0 Å². The third-order valence-electron chi connectivity index (χ3n) is 1.20. The first-order valence-electron chi connectivity index (χ1n) is 3.38. The molecule has 0 bridgehead atoms. The van der Waals surface area contributed by atoms with Crippen molar-refractivity contribution in [2.75, 3.05) is 5.32 Å². The fourth-order valence-corrected chi connectivity index (χ4v) is 0.827. The Morgan fingerprint density at radius 1 is 1.55 bits per heavy atom. The van der Waals surface area contributed by atoms with Gasteiger partial charge < -0.3 is 5.32 Å². The Morgan fingerprint density at radius 2 is 2.27 bits per heavy atom. The van der Waals surface area contributed by atoms with Gasteiger partial charge in [-0.15, -0.1) is 0 Å². The van der Waals surface area contributed by atoms with Gasteiger partial charge in [0.2, 0.25) is 5.91 Å². The number of rotatable bonds is 1. The monoisotopic (exact) mass is 150 g/mol. The van der Waals surface area contributed by atoms with E-state index in [1.165, 1.54) is 6.92 Å². The van der Waals surface area contributed by atoms with Crippen LogP contribution in [0.3, 0.4) is 0 Å². The van der Waals surface area contributed by atoms with Gasteiger partial charge in [-0.1, -0.05) is 0 Å². The molecule has 0 aliphatic rings. The van der Waals surface area contributed by atoms with Gasteiger partial charge in [0.15, 0.2) is 0 Å². The number of amides is 1. The van der Waals surface area contributed by atoms with E-state index in [9.17, 15) is 4.79 Å². The number of pyridine rings is 1. The van der Waals surface area contributed by atoms with Crippen molar-refractivity contribution in [2.24, 2.45) is 0 Å². The smallest absolute Gasteiger partial charge is 0.221 e. The van der Waals surface area contributed by atoms with Crippen LogP contribution in [0.4, 0.5) is 5.69 Å². The van der Waals surface area contributed by atoms with Crippen LogP contribution in [0.25, 0.3) is 0 Å². The molecule has 3 heteroatoms. The normalized spacial score (nSPS) is 9.27. The van der Waals surface area contributed by atoms with Crippen LogP contribution < -0.4 is 5.32 Å². The summed E-state index contributed by atoms with van der Waals surface area (Å²) in [5, 5.41) is 2.64. The van der Waals surface area contributed by atoms with Gasteiger partial charge >= 0.3 is 0 Å². The Labute approximate surface area is 65.5 Å². The summed E-state index contributed by atoms with van der Waals surface area (Å²) in [7, 11) is 0. The summed E-state index contributed by atoms with van der Waals surface area (Å²) in [5.41, 5.74) is 1.79. The van der Waals surface area contributed by atoms with Crippen molar-refractivity contribution in [3.05, 3.63) is 24.0 Å². The van der Waals surface area contributed by atoms with E-state index < -0.39 is 0 Å². The second-order valence-corrected chi connectivity index (χ2v) is 2.43. The number of aryl methyl sites for hydroxylation is 1. The molecule has 58 valence electrons. The Morgan fingerprint density at radius 3 is 2.82 bits per heavy atom. The van der Waals surface area contributed by atoms with Gasteiger partial charge in [-0.25, -0.2) is 0 Å². The number of aromatic nitrogens is 1. The predicted octanol–water partition coefficient (Wildman–Crippen LogP) is 1.35.